The molecule has 0 aliphatic rings. The molecule has 1 heterocycles. The topological polar surface area (TPSA) is 119 Å². The fraction of sp³-hybridized carbons (Fsp3) is 0.269. The summed E-state index contributed by atoms with van der Waals surface area (Å²) in [5.74, 6) is 0.747. The van der Waals surface area contributed by atoms with Crippen LogP contribution in [0.5, 0.6) is 0 Å². The van der Waals surface area contributed by atoms with E-state index in [1.165, 1.54) is 6.07 Å². The Balaban J connectivity index is 1.43. The molecule has 4 aromatic rings. The van der Waals surface area contributed by atoms with E-state index in [2.05, 4.69) is 37.0 Å². The van der Waals surface area contributed by atoms with Gasteiger partial charge in [-0.1, -0.05) is 48.5 Å². The Morgan fingerprint density at radius 3 is 2.22 bits per heavy atom. The number of halogens is 1. The molecule has 1 aromatic heterocycles. The Bertz CT molecular complexity index is 1260. The van der Waals surface area contributed by atoms with Gasteiger partial charge in [0.05, 0.1) is 26.4 Å². The highest BCUT2D eigenvalue weighted by molar-refractivity contribution is 5.86. The minimum Gasteiger partial charge on any atom is -0.378 e. The highest BCUT2D eigenvalue weighted by atomic mass is 19.1. The first-order chi connectivity index (χ1) is 17.7. The molecule has 0 atom stereocenters. The Morgan fingerprint density at radius 1 is 0.722 bits per heavy atom. The van der Waals surface area contributed by atoms with E-state index in [0.717, 1.165) is 16.5 Å². The molecular weight excluding hydrogens is 461 g/mol. The van der Waals surface area contributed by atoms with Crippen LogP contribution in [0.1, 0.15) is 5.56 Å². The number of anilines is 4. The number of aromatic nitrogens is 3. The van der Waals surface area contributed by atoms with Crippen LogP contribution in [0.15, 0.2) is 66.7 Å². The summed E-state index contributed by atoms with van der Waals surface area (Å²) in [5, 5.41) is 11.7. The third kappa shape index (κ3) is 7.57. The van der Waals surface area contributed by atoms with Crippen molar-refractivity contribution in [3.05, 3.63) is 78.1 Å². The Hall–Kier alpha value is -3.86. The summed E-state index contributed by atoms with van der Waals surface area (Å²) in [6.07, 6.45) is 0. The van der Waals surface area contributed by atoms with E-state index in [1.54, 1.807) is 18.2 Å². The molecule has 4 rings (SSSR count). The van der Waals surface area contributed by atoms with Crippen LogP contribution in [0.25, 0.3) is 10.8 Å². The SMILES string of the molecule is NCCOCCOCCNc1nc(NCc2ccccc2F)nc(Nc2ccc3ccccc3c2)n1. The highest BCUT2D eigenvalue weighted by Crippen LogP contribution is 2.22. The molecule has 0 saturated heterocycles. The second kappa shape index (κ2) is 13.3. The van der Waals surface area contributed by atoms with Gasteiger partial charge in [-0.05, 0) is 29.0 Å². The zero-order valence-electron chi connectivity index (χ0n) is 19.9. The molecule has 0 amide bonds. The van der Waals surface area contributed by atoms with Crippen LogP contribution in [-0.2, 0) is 16.0 Å². The molecule has 36 heavy (non-hydrogen) atoms. The van der Waals surface area contributed by atoms with Gasteiger partial charge in [0, 0.05) is 30.9 Å². The fourth-order valence-electron chi connectivity index (χ4n) is 3.44. The van der Waals surface area contributed by atoms with Crippen molar-refractivity contribution in [3.8, 4) is 0 Å². The van der Waals surface area contributed by atoms with E-state index in [0.29, 0.717) is 62.9 Å². The summed E-state index contributed by atoms with van der Waals surface area (Å²) in [5.41, 5.74) is 6.75. The van der Waals surface area contributed by atoms with Crippen LogP contribution >= 0.6 is 0 Å². The first-order valence-corrected chi connectivity index (χ1v) is 11.8. The van der Waals surface area contributed by atoms with Crippen LogP contribution in [0, 0.1) is 5.82 Å². The summed E-state index contributed by atoms with van der Waals surface area (Å²) >= 11 is 0. The standard InChI is InChI=1S/C26H30FN7O2/c27-23-8-4-3-7-21(23)18-30-25-32-24(29-12-14-36-16-15-35-13-11-28)33-26(34-25)31-22-10-9-19-5-1-2-6-20(19)17-22/h1-10,17H,11-16,18,28H2,(H3,29,30,31,32,33,34). The molecule has 0 unspecified atom stereocenters. The lowest BCUT2D eigenvalue weighted by Gasteiger charge is -2.12. The number of fused-ring (bicyclic) bond motifs is 1. The average molecular weight is 492 g/mol. The van der Waals surface area contributed by atoms with Crippen LogP contribution < -0.4 is 21.7 Å². The number of nitrogens with zero attached hydrogens (tertiary/aromatic N) is 3. The second-order valence-corrected chi connectivity index (χ2v) is 7.88. The molecule has 0 spiro atoms. The van der Waals surface area contributed by atoms with Crippen molar-refractivity contribution in [1.82, 2.24) is 15.0 Å². The van der Waals surface area contributed by atoms with Crippen LogP contribution in [0.2, 0.25) is 0 Å². The normalized spacial score (nSPS) is 10.9. The van der Waals surface area contributed by atoms with Crippen molar-refractivity contribution in [2.45, 2.75) is 6.54 Å². The molecule has 0 aliphatic heterocycles. The predicted octanol–water partition coefficient (Wildman–Crippen LogP) is 3.92. The Labute approximate surface area is 209 Å². The smallest absolute Gasteiger partial charge is 0.233 e. The molecule has 0 aliphatic carbocycles. The van der Waals surface area contributed by atoms with Crippen LogP contribution in [0.4, 0.5) is 27.9 Å². The lowest BCUT2D eigenvalue weighted by molar-refractivity contribution is 0.0547. The fourth-order valence-corrected chi connectivity index (χ4v) is 3.44. The molecule has 9 nitrogen and oxygen atoms in total. The monoisotopic (exact) mass is 491 g/mol. The average Bonchev–Trinajstić information content (AvgIpc) is 2.89. The number of benzene rings is 3. The van der Waals surface area contributed by atoms with Gasteiger partial charge in [0.2, 0.25) is 17.8 Å². The maximum Gasteiger partial charge on any atom is 0.233 e. The van der Waals surface area contributed by atoms with E-state index in [9.17, 15) is 4.39 Å². The van der Waals surface area contributed by atoms with E-state index in [-0.39, 0.29) is 12.4 Å². The summed E-state index contributed by atoms with van der Waals surface area (Å²) < 4.78 is 24.9. The molecular formula is C26H30FN7O2. The molecule has 0 fully saturated rings. The summed E-state index contributed by atoms with van der Waals surface area (Å²) in [6, 6.07) is 20.7. The van der Waals surface area contributed by atoms with Gasteiger partial charge in [0.25, 0.3) is 0 Å². The highest BCUT2D eigenvalue weighted by Gasteiger charge is 2.09. The number of hydrogen-bond acceptors (Lipinski definition) is 9. The van der Waals surface area contributed by atoms with Crippen molar-refractivity contribution in [3.63, 3.8) is 0 Å². The van der Waals surface area contributed by atoms with Gasteiger partial charge >= 0.3 is 0 Å². The number of hydrogen-bond donors (Lipinski definition) is 4. The van der Waals surface area contributed by atoms with E-state index in [4.69, 9.17) is 15.2 Å². The summed E-state index contributed by atoms with van der Waals surface area (Å²) in [6.45, 7) is 3.14. The van der Waals surface area contributed by atoms with Gasteiger partial charge < -0.3 is 31.2 Å². The number of ether oxygens (including phenoxy) is 2. The third-order valence-electron chi connectivity index (χ3n) is 5.20. The predicted molar refractivity (Wildman–Crippen MR) is 140 cm³/mol. The third-order valence-corrected chi connectivity index (χ3v) is 5.20. The van der Waals surface area contributed by atoms with Gasteiger partial charge in [0.15, 0.2) is 0 Å². The van der Waals surface area contributed by atoms with Crippen LogP contribution in [-0.4, -0.2) is 54.5 Å². The maximum absolute atomic E-state index is 14.1. The van der Waals surface area contributed by atoms with Crippen molar-refractivity contribution < 1.29 is 13.9 Å². The lowest BCUT2D eigenvalue weighted by Crippen LogP contribution is -2.17. The molecule has 10 heteroatoms. The Morgan fingerprint density at radius 2 is 1.42 bits per heavy atom. The summed E-state index contributed by atoms with van der Waals surface area (Å²) in [4.78, 5) is 13.4. The zero-order valence-corrected chi connectivity index (χ0v) is 19.9. The molecule has 188 valence electrons. The van der Waals surface area contributed by atoms with Crippen molar-refractivity contribution in [1.29, 1.82) is 0 Å². The first-order valence-electron chi connectivity index (χ1n) is 11.8. The van der Waals surface area contributed by atoms with Crippen molar-refractivity contribution >= 4 is 34.3 Å². The minimum atomic E-state index is -0.292. The van der Waals surface area contributed by atoms with Gasteiger partial charge in [-0.15, -0.1) is 0 Å². The molecule has 0 radical (unpaired) electrons. The maximum atomic E-state index is 14.1. The molecule has 5 N–H and O–H groups in total. The molecule has 0 saturated carbocycles. The molecule has 0 bridgehead atoms. The summed E-state index contributed by atoms with van der Waals surface area (Å²) in [7, 11) is 0. The van der Waals surface area contributed by atoms with E-state index >= 15 is 0 Å². The number of nitrogens with one attached hydrogen (secondary N) is 3. The quantitative estimate of drug-likeness (QED) is 0.195. The minimum absolute atomic E-state index is 0.234. The van der Waals surface area contributed by atoms with Crippen molar-refractivity contribution in [2.24, 2.45) is 5.73 Å². The zero-order chi connectivity index (χ0) is 25.0. The van der Waals surface area contributed by atoms with E-state index < -0.39 is 0 Å². The van der Waals surface area contributed by atoms with Gasteiger partial charge in [-0.25, -0.2) is 4.39 Å². The van der Waals surface area contributed by atoms with Crippen LogP contribution in [0.3, 0.4) is 0 Å². The largest absolute Gasteiger partial charge is 0.378 e. The molecule has 3 aromatic carbocycles. The second-order valence-electron chi connectivity index (χ2n) is 7.88. The van der Waals surface area contributed by atoms with Crippen molar-refractivity contribution in [2.75, 3.05) is 55.5 Å². The van der Waals surface area contributed by atoms with Gasteiger partial charge in [0.1, 0.15) is 5.82 Å². The number of nitrogens with two attached hydrogens (primary N) is 1. The van der Waals surface area contributed by atoms with Gasteiger partial charge in [-0.3, -0.25) is 0 Å². The number of rotatable bonds is 14. The Kier molecular flexibility index (Phi) is 9.32. The lowest BCUT2D eigenvalue weighted by atomic mass is 10.1. The van der Waals surface area contributed by atoms with E-state index in [1.807, 2.05) is 36.4 Å². The first kappa shape index (κ1) is 25.2. The van der Waals surface area contributed by atoms with Gasteiger partial charge in [-0.2, -0.15) is 15.0 Å².